The fourth-order valence-electron chi connectivity index (χ4n) is 3.43. The van der Waals surface area contributed by atoms with E-state index in [1.54, 1.807) is 16.8 Å². The van der Waals surface area contributed by atoms with E-state index >= 15 is 0 Å². The molecule has 0 aliphatic heterocycles. The van der Waals surface area contributed by atoms with E-state index in [1.165, 1.54) is 0 Å². The molecule has 5 rings (SSSR count). The summed E-state index contributed by atoms with van der Waals surface area (Å²) in [6, 6.07) is 20.3. The number of carbonyl (C=O) groups excluding carboxylic acids is 1. The Bertz CT molecular complexity index is 1430. The van der Waals surface area contributed by atoms with E-state index in [4.69, 9.17) is 0 Å². The third-order valence-corrected chi connectivity index (χ3v) is 5.85. The van der Waals surface area contributed by atoms with Gasteiger partial charge in [0.25, 0.3) is 5.56 Å². The summed E-state index contributed by atoms with van der Waals surface area (Å²) in [6.45, 7) is 0. The number of carbonyl (C=O) groups is 1. The molecule has 0 atom stereocenters. The average Bonchev–Trinajstić information content (AvgIpc) is 3.28. The molecule has 0 radical (unpaired) electrons. The molecule has 1 amide bonds. The molecule has 0 saturated heterocycles. The highest BCUT2D eigenvalue weighted by Gasteiger charge is 2.14. The van der Waals surface area contributed by atoms with Gasteiger partial charge < -0.3 is 5.32 Å². The van der Waals surface area contributed by atoms with E-state index in [2.05, 4.69) is 10.4 Å². The van der Waals surface area contributed by atoms with Crippen LogP contribution in [0.15, 0.2) is 77.7 Å². The van der Waals surface area contributed by atoms with Crippen LogP contribution in [-0.2, 0) is 7.05 Å². The minimum Gasteiger partial charge on any atom is -0.306 e. The number of aromatic nitrogens is 3. The lowest BCUT2D eigenvalue weighted by Crippen LogP contribution is -2.26. The molecule has 2 aromatic heterocycles. The molecule has 6 nitrogen and oxygen atoms in total. The summed E-state index contributed by atoms with van der Waals surface area (Å²) in [6.07, 6.45) is 1.99. The molecule has 0 aliphatic rings. The molecular formula is C22H16N4O2S. The standard InChI is InChI=1S/C22H16N4O2S/c1-25-13-18-16(6-4-7-19(18)24-25)14-9-11-15(12-10-14)23-22(28)26-21(27)17-5-2-3-8-20(17)29-26/h2-13H,1H3,(H,23,28). The van der Waals surface area contributed by atoms with Gasteiger partial charge in [-0.15, -0.1) is 0 Å². The van der Waals surface area contributed by atoms with Gasteiger partial charge in [-0.1, -0.05) is 36.4 Å². The molecule has 0 unspecified atom stereocenters. The second-order valence-corrected chi connectivity index (χ2v) is 7.72. The van der Waals surface area contributed by atoms with Gasteiger partial charge in [-0.2, -0.15) is 9.06 Å². The van der Waals surface area contributed by atoms with Crippen molar-refractivity contribution in [3.05, 3.63) is 83.3 Å². The van der Waals surface area contributed by atoms with Crippen molar-refractivity contribution >= 4 is 44.2 Å². The summed E-state index contributed by atoms with van der Waals surface area (Å²) in [5, 5.41) is 8.86. The van der Waals surface area contributed by atoms with Gasteiger partial charge in [-0.3, -0.25) is 9.48 Å². The number of anilines is 1. The smallest absolute Gasteiger partial charge is 0.306 e. The first-order chi connectivity index (χ1) is 14.1. The van der Waals surface area contributed by atoms with Crippen LogP contribution in [0.25, 0.3) is 32.1 Å². The maximum atomic E-state index is 12.6. The summed E-state index contributed by atoms with van der Waals surface area (Å²) >= 11 is 1.14. The SMILES string of the molecule is Cn1cc2c(-c3ccc(NC(=O)n4sc5ccccc5c4=O)cc3)cccc2n1. The predicted octanol–water partition coefficient (Wildman–Crippen LogP) is 4.70. The zero-order valence-corrected chi connectivity index (χ0v) is 16.3. The summed E-state index contributed by atoms with van der Waals surface area (Å²) in [5.74, 6) is 0. The molecule has 2 heterocycles. The predicted molar refractivity (Wildman–Crippen MR) is 117 cm³/mol. The van der Waals surface area contributed by atoms with Crippen LogP contribution in [0.1, 0.15) is 0 Å². The number of benzene rings is 3. The third kappa shape index (κ3) is 3.01. The molecule has 0 aliphatic carbocycles. The molecule has 0 fully saturated rings. The van der Waals surface area contributed by atoms with E-state index in [0.717, 1.165) is 42.2 Å². The molecule has 0 bridgehead atoms. The molecule has 142 valence electrons. The molecule has 0 spiro atoms. The zero-order valence-electron chi connectivity index (χ0n) is 15.5. The topological polar surface area (TPSA) is 68.9 Å². The highest BCUT2D eigenvalue weighted by Crippen LogP contribution is 2.29. The van der Waals surface area contributed by atoms with Crippen molar-refractivity contribution in [3.63, 3.8) is 0 Å². The Kier molecular flexibility index (Phi) is 4.03. The Hall–Kier alpha value is -3.71. The number of amides is 1. The van der Waals surface area contributed by atoms with E-state index in [0.29, 0.717) is 11.1 Å². The second-order valence-electron chi connectivity index (χ2n) is 6.74. The molecule has 0 saturated carbocycles. The summed E-state index contributed by atoms with van der Waals surface area (Å²) in [7, 11) is 1.90. The number of hydrogen-bond donors (Lipinski definition) is 1. The first-order valence-electron chi connectivity index (χ1n) is 9.05. The number of aryl methyl sites for hydroxylation is 1. The number of nitrogens with zero attached hydrogens (tertiary/aromatic N) is 3. The van der Waals surface area contributed by atoms with Crippen molar-refractivity contribution in [2.24, 2.45) is 7.05 Å². The highest BCUT2D eigenvalue weighted by molar-refractivity contribution is 7.14. The van der Waals surface area contributed by atoms with Gasteiger partial charge in [0.05, 0.1) is 15.6 Å². The Morgan fingerprint density at radius 3 is 2.55 bits per heavy atom. The molecule has 7 heteroatoms. The minimum atomic E-state index is -0.460. The van der Waals surface area contributed by atoms with Crippen LogP contribution in [0.2, 0.25) is 0 Å². The van der Waals surface area contributed by atoms with Crippen LogP contribution in [0, 0.1) is 0 Å². The molecular weight excluding hydrogens is 384 g/mol. The van der Waals surface area contributed by atoms with Gasteiger partial charge in [-0.05, 0) is 53.0 Å². The van der Waals surface area contributed by atoms with Gasteiger partial charge in [0.1, 0.15) is 0 Å². The van der Waals surface area contributed by atoms with Crippen LogP contribution in [0.3, 0.4) is 0 Å². The fraction of sp³-hybridized carbons (Fsp3) is 0.0455. The van der Waals surface area contributed by atoms with E-state index in [9.17, 15) is 9.59 Å². The van der Waals surface area contributed by atoms with Gasteiger partial charge in [0, 0.05) is 24.3 Å². The fourth-order valence-corrected chi connectivity index (χ4v) is 4.33. The van der Waals surface area contributed by atoms with Crippen molar-refractivity contribution in [1.82, 2.24) is 13.7 Å². The Labute approximate surface area is 169 Å². The van der Waals surface area contributed by atoms with E-state index < -0.39 is 6.03 Å². The van der Waals surface area contributed by atoms with E-state index in [1.807, 2.05) is 67.8 Å². The van der Waals surface area contributed by atoms with Crippen molar-refractivity contribution < 1.29 is 4.79 Å². The van der Waals surface area contributed by atoms with Crippen LogP contribution in [-0.4, -0.2) is 19.8 Å². The zero-order chi connectivity index (χ0) is 20.0. The number of rotatable bonds is 2. The molecule has 29 heavy (non-hydrogen) atoms. The summed E-state index contributed by atoms with van der Waals surface area (Å²) in [5.41, 5.74) is 3.37. The molecule has 5 aromatic rings. The lowest BCUT2D eigenvalue weighted by atomic mass is 10.0. The van der Waals surface area contributed by atoms with E-state index in [-0.39, 0.29) is 5.56 Å². The third-order valence-electron chi connectivity index (χ3n) is 4.79. The number of nitrogens with one attached hydrogen (secondary N) is 1. The Morgan fingerprint density at radius 1 is 0.966 bits per heavy atom. The molecule has 1 N–H and O–H groups in total. The van der Waals surface area contributed by atoms with Gasteiger partial charge in [0.2, 0.25) is 0 Å². The summed E-state index contributed by atoms with van der Waals surface area (Å²) in [4.78, 5) is 25.0. The van der Waals surface area contributed by atoms with Crippen LogP contribution < -0.4 is 10.9 Å². The average molecular weight is 400 g/mol. The first-order valence-corrected chi connectivity index (χ1v) is 9.83. The van der Waals surface area contributed by atoms with Crippen LogP contribution in [0.4, 0.5) is 10.5 Å². The maximum Gasteiger partial charge on any atom is 0.342 e. The quantitative estimate of drug-likeness (QED) is 0.467. The largest absolute Gasteiger partial charge is 0.342 e. The van der Waals surface area contributed by atoms with Crippen molar-refractivity contribution in [3.8, 4) is 11.1 Å². The van der Waals surface area contributed by atoms with Crippen LogP contribution in [0.5, 0.6) is 0 Å². The molecule has 3 aromatic carbocycles. The number of hydrogen-bond acceptors (Lipinski definition) is 4. The first kappa shape index (κ1) is 17.4. The lowest BCUT2D eigenvalue weighted by molar-refractivity contribution is 0.255. The minimum absolute atomic E-state index is 0.303. The van der Waals surface area contributed by atoms with Gasteiger partial charge >= 0.3 is 6.03 Å². The number of fused-ring (bicyclic) bond motifs is 2. The lowest BCUT2D eigenvalue weighted by Gasteiger charge is -2.07. The van der Waals surface area contributed by atoms with Crippen molar-refractivity contribution in [1.29, 1.82) is 0 Å². The summed E-state index contributed by atoms with van der Waals surface area (Å²) < 4.78 is 3.73. The monoisotopic (exact) mass is 400 g/mol. The maximum absolute atomic E-state index is 12.6. The van der Waals surface area contributed by atoms with Gasteiger partial charge in [0.15, 0.2) is 0 Å². The van der Waals surface area contributed by atoms with Gasteiger partial charge in [-0.25, -0.2) is 4.79 Å². The Balaban J connectivity index is 1.43. The van der Waals surface area contributed by atoms with Crippen LogP contribution >= 0.6 is 11.5 Å². The van der Waals surface area contributed by atoms with Crippen molar-refractivity contribution in [2.75, 3.05) is 5.32 Å². The van der Waals surface area contributed by atoms with Crippen molar-refractivity contribution in [2.45, 2.75) is 0 Å². The highest BCUT2D eigenvalue weighted by atomic mass is 32.1. The second kappa shape index (κ2) is 6.72. The Morgan fingerprint density at radius 2 is 1.76 bits per heavy atom. The normalized spacial score (nSPS) is 11.2.